The number of nitrogens with zero attached hydrogens (tertiary/aromatic N) is 3. The van der Waals surface area contributed by atoms with Crippen LogP contribution >= 0.6 is 0 Å². The van der Waals surface area contributed by atoms with Gasteiger partial charge in [-0.1, -0.05) is 54.1 Å². The zero-order valence-corrected chi connectivity index (χ0v) is 22.3. The fourth-order valence-electron chi connectivity index (χ4n) is 4.40. The third-order valence-corrected chi connectivity index (χ3v) is 6.55. The topological polar surface area (TPSA) is 114 Å². The van der Waals surface area contributed by atoms with Crippen molar-refractivity contribution in [3.63, 3.8) is 0 Å². The van der Waals surface area contributed by atoms with Crippen LogP contribution < -0.4 is 5.43 Å². The largest absolute Gasteiger partial charge is 0.464 e. The minimum atomic E-state index is -0.548. The number of carbonyl (C=O) groups excluding carboxylic acids is 2. The van der Waals surface area contributed by atoms with Crippen molar-refractivity contribution in [3.05, 3.63) is 134 Å². The lowest BCUT2D eigenvalue weighted by atomic mass is 10.1. The molecule has 0 aliphatic rings. The highest BCUT2D eigenvalue weighted by molar-refractivity contribution is 5.97. The molecule has 9 nitrogen and oxygen atoms in total. The van der Waals surface area contributed by atoms with Crippen molar-refractivity contribution in [2.75, 3.05) is 13.1 Å². The molecule has 40 heavy (non-hydrogen) atoms. The maximum Gasteiger partial charge on any atom is 0.273 e. The normalized spacial score (nSPS) is 10.8. The van der Waals surface area contributed by atoms with Gasteiger partial charge in [-0.05, 0) is 37.6 Å². The number of rotatable bonds is 10. The maximum absolute atomic E-state index is 13.7. The van der Waals surface area contributed by atoms with Gasteiger partial charge in [0.15, 0.2) is 5.43 Å². The maximum atomic E-state index is 13.7. The summed E-state index contributed by atoms with van der Waals surface area (Å²) in [4.78, 5) is 53.9. The lowest BCUT2D eigenvalue weighted by molar-refractivity contribution is -0.385. The molecule has 0 atom stereocenters. The minimum Gasteiger partial charge on any atom is -0.464 e. The highest BCUT2D eigenvalue weighted by Crippen LogP contribution is 2.21. The predicted molar refractivity (Wildman–Crippen MR) is 152 cm³/mol. The molecule has 0 saturated carbocycles. The summed E-state index contributed by atoms with van der Waals surface area (Å²) in [5.41, 5.74) is 2.60. The van der Waals surface area contributed by atoms with Crippen LogP contribution in [-0.4, -0.2) is 39.6 Å². The van der Waals surface area contributed by atoms with Crippen molar-refractivity contribution in [3.8, 4) is 0 Å². The summed E-state index contributed by atoms with van der Waals surface area (Å²) in [6.07, 6.45) is 2.85. The van der Waals surface area contributed by atoms with Gasteiger partial charge >= 0.3 is 0 Å². The number of amides is 2. The van der Waals surface area contributed by atoms with Gasteiger partial charge < -0.3 is 14.2 Å². The zero-order valence-electron chi connectivity index (χ0n) is 22.3. The Morgan fingerprint density at radius 2 is 1.75 bits per heavy atom. The molecule has 9 heteroatoms. The first kappa shape index (κ1) is 28.0. The van der Waals surface area contributed by atoms with Crippen LogP contribution in [0.3, 0.4) is 0 Å². The van der Waals surface area contributed by atoms with Crippen molar-refractivity contribution >= 4 is 28.5 Å². The van der Waals surface area contributed by atoms with Crippen LogP contribution in [0.15, 0.2) is 94.9 Å². The van der Waals surface area contributed by atoms with E-state index in [4.69, 9.17) is 4.42 Å². The Kier molecular flexibility index (Phi) is 8.54. The second kappa shape index (κ2) is 12.2. The molecule has 4 rings (SSSR count). The molecule has 1 heterocycles. The predicted octanol–water partition coefficient (Wildman–Crippen LogP) is 5.18. The molecular formula is C31H29N3O6. The molecule has 0 N–H and O–H groups in total. The molecule has 1 aromatic heterocycles. The summed E-state index contributed by atoms with van der Waals surface area (Å²) in [6, 6.07) is 18.8. The van der Waals surface area contributed by atoms with E-state index >= 15 is 0 Å². The summed E-state index contributed by atoms with van der Waals surface area (Å²) in [6.45, 7) is 7.04. The van der Waals surface area contributed by atoms with E-state index < -0.39 is 16.7 Å². The molecule has 0 spiro atoms. The molecule has 0 saturated heterocycles. The number of aryl methyl sites for hydroxylation is 2. The van der Waals surface area contributed by atoms with Crippen LogP contribution in [0.25, 0.3) is 11.0 Å². The third-order valence-electron chi connectivity index (χ3n) is 6.55. The summed E-state index contributed by atoms with van der Waals surface area (Å²) in [7, 11) is 0. The molecule has 0 aliphatic carbocycles. The third kappa shape index (κ3) is 6.32. The van der Waals surface area contributed by atoms with Crippen LogP contribution in [0, 0.1) is 24.0 Å². The van der Waals surface area contributed by atoms with Crippen LogP contribution in [-0.2, 0) is 17.9 Å². The Labute approximate surface area is 231 Å². The number of hydrogen-bond donors (Lipinski definition) is 0. The molecule has 2 amide bonds. The monoisotopic (exact) mass is 539 g/mol. The van der Waals surface area contributed by atoms with E-state index in [0.29, 0.717) is 22.1 Å². The SMILES string of the molecule is C=CCN(CC(=O)N(Cc1ccccc1)Cc1coc2ccc(C)cc2c1=O)C(=O)c1ccc(C)c([N+](=O)[O-])c1. The molecule has 3 aromatic carbocycles. The standard InChI is InChI=1S/C31H29N3O6/c1-4-14-32(31(37)24-12-11-22(3)27(16-24)34(38)39)19-29(35)33(17-23-8-6-5-7-9-23)18-25-20-40-28-13-10-21(2)15-26(28)30(25)36/h4-13,15-16,20H,1,14,17-19H2,2-3H3. The zero-order chi connectivity index (χ0) is 28.8. The number of fused-ring (bicyclic) bond motifs is 1. The van der Waals surface area contributed by atoms with Gasteiger partial charge in [-0.15, -0.1) is 6.58 Å². The molecule has 0 unspecified atom stereocenters. The van der Waals surface area contributed by atoms with Crippen molar-refractivity contribution in [2.45, 2.75) is 26.9 Å². The second-order valence-corrected chi connectivity index (χ2v) is 9.56. The van der Waals surface area contributed by atoms with E-state index in [-0.39, 0.29) is 42.9 Å². The summed E-state index contributed by atoms with van der Waals surface area (Å²) < 4.78 is 5.69. The van der Waals surface area contributed by atoms with E-state index in [1.165, 1.54) is 40.3 Å². The Balaban J connectivity index is 1.65. The Morgan fingerprint density at radius 3 is 2.45 bits per heavy atom. The minimum absolute atomic E-state index is 0.0356. The summed E-state index contributed by atoms with van der Waals surface area (Å²) in [5, 5.41) is 11.8. The number of carbonyl (C=O) groups is 2. The van der Waals surface area contributed by atoms with Crippen molar-refractivity contribution < 1.29 is 18.9 Å². The highest BCUT2D eigenvalue weighted by atomic mass is 16.6. The van der Waals surface area contributed by atoms with Gasteiger partial charge in [0.25, 0.3) is 11.6 Å². The van der Waals surface area contributed by atoms with Gasteiger partial charge in [-0.3, -0.25) is 24.5 Å². The Hall–Kier alpha value is -5.05. The van der Waals surface area contributed by atoms with Crippen LogP contribution in [0.1, 0.15) is 32.6 Å². The Bertz CT molecular complexity index is 1640. The van der Waals surface area contributed by atoms with Gasteiger partial charge in [-0.2, -0.15) is 0 Å². The highest BCUT2D eigenvalue weighted by Gasteiger charge is 2.25. The summed E-state index contributed by atoms with van der Waals surface area (Å²) >= 11 is 0. The van der Waals surface area contributed by atoms with Crippen molar-refractivity contribution in [1.82, 2.24) is 9.80 Å². The van der Waals surface area contributed by atoms with E-state index in [9.17, 15) is 24.5 Å². The molecule has 0 radical (unpaired) electrons. The Morgan fingerprint density at radius 1 is 1.00 bits per heavy atom. The fourth-order valence-corrected chi connectivity index (χ4v) is 4.40. The molecule has 204 valence electrons. The fraction of sp³-hybridized carbons (Fsp3) is 0.194. The molecule has 4 aromatic rings. The first-order valence-electron chi connectivity index (χ1n) is 12.7. The van der Waals surface area contributed by atoms with E-state index in [0.717, 1.165) is 11.1 Å². The number of benzene rings is 3. The average Bonchev–Trinajstić information content (AvgIpc) is 2.94. The quantitative estimate of drug-likeness (QED) is 0.156. The van der Waals surface area contributed by atoms with Crippen LogP contribution in [0.5, 0.6) is 0 Å². The summed E-state index contributed by atoms with van der Waals surface area (Å²) in [5.74, 6) is -0.957. The lowest BCUT2D eigenvalue weighted by Crippen LogP contribution is -2.43. The number of nitro groups is 1. The number of nitro benzene ring substituents is 1. The lowest BCUT2D eigenvalue weighted by Gasteiger charge is -2.27. The van der Waals surface area contributed by atoms with E-state index in [1.807, 2.05) is 43.3 Å². The number of hydrogen-bond acceptors (Lipinski definition) is 6. The van der Waals surface area contributed by atoms with Gasteiger partial charge in [0.05, 0.1) is 28.7 Å². The average molecular weight is 540 g/mol. The first-order valence-corrected chi connectivity index (χ1v) is 12.7. The van der Waals surface area contributed by atoms with Gasteiger partial charge in [0, 0.05) is 30.3 Å². The molecule has 0 fully saturated rings. The van der Waals surface area contributed by atoms with Gasteiger partial charge in [0.2, 0.25) is 5.91 Å². The molecule has 0 aliphatic heterocycles. The van der Waals surface area contributed by atoms with Crippen LogP contribution in [0.2, 0.25) is 0 Å². The first-order chi connectivity index (χ1) is 19.2. The second-order valence-electron chi connectivity index (χ2n) is 9.56. The van der Waals surface area contributed by atoms with Gasteiger partial charge in [-0.25, -0.2) is 0 Å². The smallest absolute Gasteiger partial charge is 0.273 e. The van der Waals surface area contributed by atoms with E-state index in [1.54, 1.807) is 19.1 Å². The van der Waals surface area contributed by atoms with Crippen molar-refractivity contribution in [1.29, 1.82) is 0 Å². The van der Waals surface area contributed by atoms with E-state index in [2.05, 4.69) is 6.58 Å². The van der Waals surface area contributed by atoms with Gasteiger partial charge in [0.1, 0.15) is 12.1 Å². The van der Waals surface area contributed by atoms with Crippen LogP contribution in [0.4, 0.5) is 5.69 Å². The molecule has 0 bridgehead atoms. The molecular weight excluding hydrogens is 510 g/mol. The van der Waals surface area contributed by atoms with Crippen molar-refractivity contribution in [2.24, 2.45) is 0 Å².